The number of rotatable bonds is 8. The molecule has 7 heteroatoms. The summed E-state index contributed by atoms with van der Waals surface area (Å²) in [6.45, 7) is 7.75. The van der Waals surface area contributed by atoms with E-state index in [4.69, 9.17) is 14.2 Å². The minimum Gasteiger partial charge on any atom is -0.494 e. The zero-order valence-corrected chi connectivity index (χ0v) is 16.6. The molecule has 2 aromatic carbocycles. The van der Waals surface area contributed by atoms with Crippen molar-refractivity contribution in [2.45, 2.75) is 33.8 Å². The van der Waals surface area contributed by atoms with Crippen LogP contribution in [0.15, 0.2) is 42.5 Å². The van der Waals surface area contributed by atoms with Crippen LogP contribution in [0.2, 0.25) is 0 Å². The largest absolute Gasteiger partial charge is 0.494 e. The molecule has 28 heavy (non-hydrogen) atoms. The molecular weight excluding hydrogens is 360 g/mol. The molecule has 0 heterocycles. The van der Waals surface area contributed by atoms with Crippen molar-refractivity contribution in [2.24, 2.45) is 0 Å². The van der Waals surface area contributed by atoms with Gasteiger partial charge in [-0.25, -0.2) is 0 Å². The third-order valence-corrected chi connectivity index (χ3v) is 4.06. The molecule has 0 bridgehead atoms. The normalized spacial score (nSPS) is 11.3. The van der Waals surface area contributed by atoms with Gasteiger partial charge in [-0.05, 0) is 69.2 Å². The van der Waals surface area contributed by atoms with Crippen LogP contribution in [0.25, 0.3) is 0 Å². The summed E-state index contributed by atoms with van der Waals surface area (Å²) in [6, 6.07) is 12.6. The maximum absolute atomic E-state index is 12.1. The quantitative estimate of drug-likeness (QED) is 0.682. The summed E-state index contributed by atoms with van der Waals surface area (Å²) in [5, 5.41) is 0. The molecule has 0 radical (unpaired) electrons. The lowest BCUT2D eigenvalue weighted by Gasteiger charge is -2.17. The molecule has 2 aromatic rings. The van der Waals surface area contributed by atoms with Crippen LogP contribution in [0.4, 0.5) is 0 Å². The molecule has 0 aliphatic carbocycles. The average molecular weight is 386 g/mol. The highest BCUT2D eigenvalue weighted by Crippen LogP contribution is 2.21. The van der Waals surface area contributed by atoms with Crippen LogP contribution in [0, 0.1) is 13.8 Å². The molecule has 0 aromatic heterocycles. The van der Waals surface area contributed by atoms with Gasteiger partial charge in [0.1, 0.15) is 17.2 Å². The zero-order chi connectivity index (χ0) is 20.5. The molecule has 0 spiro atoms. The first-order valence-electron chi connectivity index (χ1n) is 9.08. The van der Waals surface area contributed by atoms with Crippen LogP contribution in [0.3, 0.4) is 0 Å². The fraction of sp³-hybridized carbons (Fsp3) is 0.333. The molecule has 7 nitrogen and oxygen atoms in total. The van der Waals surface area contributed by atoms with Crippen LogP contribution in [0.1, 0.15) is 25.0 Å². The third-order valence-electron chi connectivity index (χ3n) is 4.06. The lowest BCUT2D eigenvalue weighted by atomic mass is 10.1. The fourth-order valence-corrected chi connectivity index (χ4v) is 2.31. The van der Waals surface area contributed by atoms with Crippen molar-refractivity contribution in [3.8, 4) is 17.2 Å². The summed E-state index contributed by atoms with van der Waals surface area (Å²) < 4.78 is 16.4. The number of carbonyl (C=O) groups is 2. The van der Waals surface area contributed by atoms with Crippen LogP contribution < -0.4 is 25.1 Å². The first kappa shape index (κ1) is 21.1. The first-order valence-corrected chi connectivity index (χ1v) is 9.08. The molecule has 150 valence electrons. The van der Waals surface area contributed by atoms with Gasteiger partial charge < -0.3 is 14.2 Å². The van der Waals surface area contributed by atoms with E-state index in [9.17, 15) is 9.59 Å². The van der Waals surface area contributed by atoms with Crippen molar-refractivity contribution >= 4 is 11.8 Å². The van der Waals surface area contributed by atoms with Crippen molar-refractivity contribution < 1.29 is 23.8 Å². The van der Waals surface area contributed by atoms with Gasteiger partial charge in [0.2, 0.25) is 0 Å². The molecule has 1 atom stereocenters. The van der Waals surface area contributed by atoms with Crippen molar-refractivity contribution in [1.29, 1.82) is 0 Å². The SMILES string of the molecule is CCOc1ccc(OCC(=O)NNC(=O)[C@H](C)Oc2cccc(C)c2C)cc1. The molecule has 0 aliphatic heterocycles. The molecule has 0 aliphatic rings. The molecule has 0 saturated carbocycles. The number of carbonyl (C=O) groups excluding carboxylic acids is 2. The van der Waals surface area contributed by atoms with Crippen molar-refractivity contribution in [2.75, 3.05) is 13.2 Å². The first-order chi connectivity index (χ1) is 13.4. The molecule has 0 fully saturated rings. The number of hydrogen-bond donors (Lipinski definition) is 2. The number of hydrazine groups is 1. The molecule has 2 amide bonds. The van der Waals surface area contributed by atoms with Gasteiger partial charge in [-0.1, -0.05) is 12.1 Å². The Morgan fingerprint density at radius 3 is 2.25 bits per heavy atom. The van der Waals surface area contributed by atoms with Gasteiger partial charge in [0.15, 0.2) is 12.7 Å². The number of aryl methyl sites for hydroxylation is 1. The summed E-state index contributed by atoms with van der Waals surface area (Å²) in [4.78, 5) is 24.0. The Kier molecular flexibility index (Phi) is 7.68. The standard InChI is InChI=1S/C21H26N2O5/c1-5-26-17-9-11-18(12-10-17)27-13-20(24)22-23-21(25)16(4)28-19-8-6-7-14(2)15(19)3/h6-12,16H,5,13H2,1-4H3,(H,22,24)(H,23,25)/t16-/m0/s1. The van der Waals surface area contributed by atoms with Crippen LogP contribution >= 0.6 is 0 Å². The van der Waals surface area contributed by atoms with E-state index in [2.05, 4.69) is 10.9 Å². The van der Waals surface area contributed by atoms with E-state index in [1.807, 2.05) is 32.9 Å². The monoisotopic (exact) mass is 386 g/mol. The molecule has 0 saturated heterocycles. The van der Waals surface area contributed by atoms with E-state index in [1.165, 1.54) is 0 Å². The summed E-state index contributed by atoms with van der Waals surface area (Å²) >= 11 is 0. The van der Waals surface area contributed by atoms with E-state index in [0.29, 0.717) is 18.1 Å². The zero-order valence-electron chi connectivity index (χ0n) is 16.6. The second-order valence-electron chi connectivity index (χ2n) is 6.19. The van der Waals surface area contributed by atoms with Crippen LogP contribution in [0.5, 0.6) is 17.2 Å². The van der Waals surface area contributed by atoms with Gasteiger partial charge in [-0.2, -0.15) is 0 Å². The number of ether oxygens (including phenoxy) is 3. The van der Waals surface area contributed by atoms with Gasteiger partial charge in [0.25, 0.3) is 11.8 Å². The summed E-state index contributed by atoms with van der Waals surface area (Å²) in [6.07, 6.45) is -0.771. The second-order valence-corrected chi connectivity index (χ2v) is 6.19. The van der Waals surface area contributed by atoms with Crippen LogP contribution in [-0.4, -0.2) is 31.1 Å². The number of hydrogen-bond acceptors (Lipinski definition) is 5. The molecule has 2 rings (SSSR count). The Morgan fingerprint density at radius 2 is 1.61 bits per heavy atom. The van der Waals surface area contributed by atoms with Gasteiger partial charge >= 0.3 is 0 Å². The van der Waals surface area contributed by atoms with E-state index in [1.54, 1.807) is 37.3 Å². The lowest BCUT2D eigenvalue weighted by molar-refractivity contribution is -0.133. The number of nitrogens with one attached hydrogen (secondary N) is 2. The number of benzene rings is 2. The maximum Gasteiger partial charge on any atom is 0.279 e. The minimum absolute atomic E-state index is 0.236. The smallest absolute Gasteiger partial charge is 0.279 e. The Hall–Kier alpha value is -3.22. The van der Waals surface area contributed by atoms with Crippen molar-refractivity contribution in [1.82, 2.24) is 10.9 Å². The van der Waals surface area contributed by atoms with Gasteiger partial charge in [-0.3, -0.25) is 20.4 Å². The predicted molar refractivity (Wildman–Crippen MR) is 105 cm³/mol. The highest BCUT2D eigenvalue weighted by atomic mass is 16.5. The molecule has 2 N–H and O–H groups in total. The predicted octanol–water partition coefficient (Wildman–Crippen LogP) is 2.70. The van der Waals surface area contributed by atoms with Gasteiger partial charge in [-0.15, -0.1) is 0 Å². The van der Waals surface area contributed by atoms with Crippen molar-refractivity contribution in [3.05, 3.63) is 53.6 Å². The van der Waals surface area contributed by atoms with Gasteiger partial charge in [0.05, 0.1) is 6.61 Å². The summed E-state index contributed by atoms with van der Waals surface area (Å²) in [5.41, 5.74) is 6.69. The lowest BCUT2D eigenvalue weighted by Crippen LogP contribution is -2.48. The average Bonchev–Trinajstić information content (AvgIpc) is 2.69. The summed E-state index contributed by atoms with van der Waals surface area (Å²) in [7, 11) is 0. The van der Waals surface area contributed by atoms with E-state index in [-0.39, 0.29) is 6.61 Å². The van der Waals surface area contributed by atoms with Crippen LogP contribution in [-0.2, 0) is 9.59 Å². The highest BCUT2D eigenvalue weighted by Gasteiger charge is 2.16. The number of amides is 2. The Labute approximate surface area is 165 Å². The van der Waals surface area contributed by atoms with Crippen molar-refractivity contribution in [3.63, 3.8) is 0 Å². The van der Waals surface area contributed by atoms with Gasteiger partial charge in [0, 0.05) is 0 Å². The van der Waals surface area contributed by atoms with E-state index in [0.717, 1.165) is 16.9 Å². The highest BCUT2D eigenvalue weighted by molar-refractivity contribution is 5.85. The minimum atomic E-state index is -0.771. The summed E-state index contributed by atoms with van der Waals surface area (Å²) in [5.74, 6) is 0.935. The Bertz CT molecular complexity index is 805. The Balaban J connectivity index is 1.75. The molecule has 0 unspecified atom stereocenters. The van der Waals surface area contributed by atoms with E-state index >= 15 is 0 Å². The topological polar surface area (TPSA) is 85.9 Å². The Morgan fingerprint density at radius 1 is 0.964 bits per heavy atom. The maximum atomic E-state index is 12.1. The third kappa shape index (κ3) is 6.19. The fourth-order valence-electron chi connectivity index (χ4n) is 2.31. The second kappa shape index (κ2) is 10.2. The molecular formula is C21H26N2O5. The van der Waals surface area contributed by atoms with E-state index < -0.39 is 17.9 Å².